The third-order valence-electron chi connectivity index (χ3n) is 6.65. The van der Waals surface area contributed by atoms with Crippen molar-refractivity contribution in [2.75, 3.05) is 0 Å². The van der Waals surface area contributed by atoms with Crippen LogP contribution in [0.1, 0.15) is 88.7 Å². The van der Waals surface area contributed by atoms with Gasteiger partial charge in [0.1, 0.15) is 0 Å². The van der Waals surface area contributed by atoms with Crippen LogP contribution in [0.5, 0.6) is 0 Å². The summed E-state index contributed by atoms with van der Waals surface area (Å²) in [4.78, 5) is 0. The lowest BCUT2D eigenvalue weighted by molar-refractivity contribution is 0.223. The smallest absolute Gasteiger partial charge is 0.0689 e. The van der Waals surface area contributed by atoms with Crippen LogP contribution in [0.4, 0.5) is 0 Å². The van der Waals surface area contributed by atoms with Gasteiger partial charge in [-0.1, -0.05) is 88.1 Å². The molecule has 0 saturated heterocycles. The number of hydrogen-bond acceptors (Lipinski definition) is 1. The first-order valence-electron chi connectivity index (χ1n) is 11.3. The third kappa shape index (κ3) is 5.05. The summed E-state index contributed by atoms with van der Waals surface area (Å²) in [5, 5.41) is 9.76. The van der Waals surface area contributed by atoms with E-state index in [-0.39, 0.29) is 5.41 Å². The zero-order valence-electron chi connectivity index (χ0n) is 17.7. The van der Waals surface area contributed by atoms with Gasteiger partial charge in [-0.15, -0.1) is 0 Å². The van der Waals surface area contributed by atoms with E-state index in [1.807, 2.05) is 0 Å². The predicted molar refractivity (Wildman–Crippen MR) is 119 cm³/mol. The Morgan fingerprint density at radius 3 is 2.00 bits per heavy atom. The Balaban J connectivity index is 1.61. The zero-order valence-corrected chi connectivity index (χ0v) is 17.7. The molecule has 1 aliphatic rings. The topological polar surface area (TPSA) is 23.8 Å². The van der Waals surface area contributed by atoms with Crippen molar-refractivity contribution in [2.45, 2.75) is 84.0 Å². The first kappa shape index (κ1) is 20.7. The van der Waals surface area contributed by atoms with Crippen LogP contribution >= 0.6 is 0 Å². The number of nitrogens with zero attached hydrogens (tertiary/aromatic N) is 1. The first-order valence-corrected chi connectivity index (χ1v) is 11.3. The van der Waals surface area contributed by atoms with Crippen molar-refractivity contribution < 1.29 is 0 Å². The monoisotopic (exact) mass is 373 g/mol. The third-order valence-corrected chi connectivity index (χ3v) is 6.65. The fraction of sp³-hybridized carbons (Fsp3) is 0.519. The fourth-order valence-corrected chi connectivity index (χ4v) is 4.74. The largest absolute Gasteiger partial charge is 0.198 e. The van der Waals surface area contributed by atoms with Gasteiger partial charge in [0.15, 0.2) is 0 Å². The number of nitriles is 1. The standard InChI is InChI=1S/C27H35N/c1-3-5-6-18-27(21-28)19-16-26(17-20-27)25-14-12-24(13-15-25)23-10-8-22(7-4-2)9-11-23/h8-15,26H,3-7,16-20H2,1-2H3. The molecule has 1 heteroatoms. The average Bonchev–Trinajstić information content (AvgIpc) is 2.75. The number of rotatable bonds is 8. The Morgan fingerprint density at radius 1 is 0.857 bits per heavy atom. The van der Waals surface area contributed by atoms with Crippen molar-refractivity contribution in [3.05, 3.63) is 59.7 Å². The van der Waals surface area contributed by atoms with Gasteiger partial charge in [0.05, 0.1) is 11.5 Å². The summed E-state index contributed by atoms with van der Waals surface area (Å²) in [6.07, 6.45) is 11.6. The molecule has 1 saturated carbocycles. The molecule has 2 aromatic carbocycles. The van der Waals surface area contributed by atoms with Gasteiger partial charge in [-0.25, -0.2) is 0 Å². The first-order chi connectivity index (χ1) is 13.7. The van der Waals surface area contributed by atoms with Gasteiger partial charge in [0.2, 0.25) is 0 Å². The van der Waals surface area contributed by atoms with E-state index in [4.69, 9.17) is 0 Å². The maximum Gasteiger partial charge on any atom is 0.0689 e. The van der Waals surface area contributed by atoms with Crippen LogP contribution in [0, 0.1) is 16.7 Å². The van der Waals surface area contributed by atoms with Crippen LogP contribution in [0.3, 0.4) is 0 Å². The molecule has 0 radical (unpaired) electrons. The summed E-state index contributed by atoms with van der Waals surface area (Å²) < 4.78 is 0. The number of hydrogen-bond donors (Lipinski definition) is 0. The minimum atomic E-state index is -0.0498. The lowest BCUT2D eigenvalue weighted by atomic mass is 9.67. The highest BCUT2D eigenvalue weighted by Gasteiger charge is 2.35. The molecule has 0 N–H and O–H groups in total. The van der Waals surface area contributed by atoms with E-state index in [0.717, 1.165) is 38.5 Å². The van der Waals surface area contributed by atoms with E-state index < -0.39 is 0 Å². The Kier molecular flexibility index (Phi) is 7.32. The maximum absolute atomic E-state index is 9.76. The molecule has 0 atom stereocenters. The molecular formula is C27H35N. The minimum absolute atomic E-state index is 0.0498. The van der Waals surface area contributed by atoms with Gasteiger partial charge >= 0.3 is 0 Å². The van der Waals surface area contributed by atoms with Crippen LogP contribution < -0.4 is 0 Å². The molecule has 1 aliphatic carbocycles. The number of aryl methyl sites for hydroxylation is 1. The summed E-state index contributed by atoms with van der Waals surface area (Å²) in [6, 6.07) is 20.9. The van der Waals surface area contributed by atoms with E-state index in [2.05, 4.69) is 68.4 Å². The molecule has 1 nitrogen and oxygen atoms in total. The Bertz CT molecular complexity index is 755. The summed E-state index contributed by atoms with van der Waals surface area (Å²) in [5.41, 5.74) is 5.42. The van der Waals surface area contributed by atoms with Crippen molar-refractivity contribution in [3.8, 4) is 17.2 Å². The highest BCUT2D eigenvalue weighted by molar-refractivity contribution is 5.64. The zero-order chi connectivity index (χ0) is 19.8. The molecule has 0 unspecified atom stereocenters. The van der Waals surface area contributed by atoms with Crippen LogP contribution in [-0.2, 0) is 6.42 Å². The predicted octanol–water partition coefficient (Wildman–Crippen LogP) is 8.05. The Hall–Kier alpha value is -2.07. The molecule has 0 aliphatic heterocycles. The second-order valence-electron chi connectivity index (χ2n) is 8.69. The van der Waals surface area contributed by atoms with Gasteiger partial charge < -0.3 is 0 Å². The number of benzene rings is 2. The van der Waals surface area contributed by atoms with E-state index in [1.165, 1.54) is 47.9 Å². The lowest BCUT2D eigenvalue weighted by Gasteiger charge is -2.35. The van der Waals surface area contributed by atoms with Gasteiger partial charge in [-0.05, 0) is 66.7 Å². The van der Waals surface area contributed by atoms with E-state index in [0.29, 0.717) is 5.92 Å². The van der Waals surface area contributed by atoms with Gasteiger partial charge in [0, 0.05) is 0 Å². The summed E-state index contributed by atoms with van der Waals surface area (Å²) in [7, 11) is 0. The summed E-state index contributed by atoms with van der Waals surface area (Å²) >= 11 is 0. The Labute approximate surface area is 171 Å². The molecule has 1 fully saturated rings. The fourth-order valence-electron chi connectivity index (χ4n) is 4.74. The second kappa shape index (κ2) is 9.92. The van der Waals surface area contributed by atoms with Crippen molar-refractivity contribution >= 4 is 0 Å². The molecule has 0 spiro atoms. The van der Waals surface area contributed by atoms with Gasteiger partial charge in [-0.3, -0.25) is 0 Å². The molecule has 0 bridgehead atoms. The molecule has 0 heterocycles. The summed E-state index contributed by atoms with van der Waals surface area (Å²) in [5.74, 6) is 0.619. The maximum atomic E-state index is 9.76. The van der Waals surface area contributed by atoms with E-state index >= 15 is 0 Å². The van der Waals surface area contributed by atoms with E-state index in [9.17, 15) is 5.26 Å². The molecule has 28 heavy (non-hydrogen) atoms. The molecule has 0 aromatic heterocycles. The highest BCUT2D eigenvalue weighted by Crippen LogP contribution is 2.45. The average molecular weight is 374 g/mol. The highest BCUT2D eigenvalue weighted by atomic mass is 14.4. The lowest BCUT2D eigenvalue weighted by Crippen LogP contribution is -2.25. The van der Waals surface area contributed by atoms with Crippen molar-refractivity contribution in [1.82, 2.24) is 0 Å². The molecule has 2 aromatic rings. The SMILES string of the molecule is CCCCCC1(C#N)CCC(c2ccc(-c3ccc(CCC)cc3)cc2)CC1. The minimum Gasteiger partial charge on any atom is -0.198 e. The van der Waals surface area contributed by atoms with Crippen molar-refractivity contribution in [1.29, 1.82) is 5.26 Å². The van der Waals surface area contributed by atoms with Crippen molar-refractivity contribution in [3.63, 3.8) is 0 Å². The normalized spacial score (nSPS) is 22.0. The molecule has 3 rings (SSSR count). The molecular weight excluding hydrogens is 338 g/mol. The second-order valence-corrected chi connectivity index (χ2v) is 8.69. The quantitative estimate of drug-likeness (QED) is 0.429. The van der Waals surface area contributed by atoms with E-state index in [1.54, 1.807) is 0 Å². The van der Waals surface area contributed by atoms with Crippen LogP contribution in [-0.4, -0.2) is 0 Å². The molecule has 148 valence electrons. The van der Waals surface area contributed by atoms with Gasteiger partial charge in [-0.2, -0.15) is 5.26 Å². The van der Waals surface area contributed by atoms with Crippen LogP contribution in [0.15, 0.2) is 48.5 Å². The molecule has 0 amide bonds. The van der Waals surface area contributed by atoms with Crippen LogP contribution in [0.25, 0.3) is 11.1 Å². The van der Waals surface area contributed by atoms with Gasteiger partial charge in [0.25, 0.3) is 0 Å². The summed E-state index contributed by atoms with van der Waals surface area (Å²) in [6.45, 7) is 4.46. The number of unbranched alkanes of at least 4 members (excludes halogenated alkanes) is 2. The van der Waals surface area contributed by atoms with Crippen LogP contribution in [0.2, 0.25) is 0 Å². The van der Waals surface area contributed by atoms with Crippen molar-refractivity contribution in [2.24, 2.45) is 5.41 Å². The Morgan fingerprint density at radius 2 is 1.46 bits per heavy atom.